The maximum atomic E-state index is 13.3. The van der Waals surface area contributed by atoms with Gasteiger partial charge in [-0.1, -0.05) is 5.21 Å². The molecule has 0 aliphatic rings. The molecule has 8 nitrogen and oxygen atoms in total. The second-order valence-corrected chi connectivity index (χ2v) is 3.78. The Labute approximate surface area is 112 Å². The topological polar surface area (TPSA) is 110 Å². The lowest BCUT2D eigenvalue weighted by molar-refractivity contribution is 0.0690. The summed E-state index contributed by atoms with van der Waals surface area (Å²) in [6.07, 6.45) is 3.50. The van der Waals surface area contributed by atoms with Crippen molar-refractivity contribution in [2.24, 2.45) is 0 Å². The summed E-state index contributed by atoms with van der Waals surface area (Å²) in [4.78, 5) is 25.8. The van der Waals surface area contributed by atoms with Gasteiger partial charge in [0.2, 0.25) is 0 Å². The van der Waals surface area contributed by atoms with Crippen molar-refractivity contribution in [1.29, 1.82) is 0 Å². The minimum atomic E-state index is -1.18. The average molecular weight is 279 g/mol. The predicted octanol–water partition coefficient (Wildman–Crippen LogP) is -0.0596. The van der Waals surface area contributed by atoms with E-state index in [4.69, 9.17) is 5.11 Å². The van der Waals surface area contributed by atoms with E-state index in [-0.39, 0.29) is 24.3 Å². The molecule has 0 unspecified atom stereocenters. The van der Waals surface area contributed by atoms with Crippen LogP contribution in [0.1, 0.15) is 20.8 Å². The fourth-order valence-corrected chi connectivity index (χ4v) is 1.44. The molecule has 0 atom stereocenters. The lowest BCUT2D eigenvalue weighted by atomic mass is 10.2. The number of rotatable bonds is 5. The Morgan fingerprint density at radius 2 is 2.25 bits per heavy atom. The van der Waals surface area contributed by atoms with Crippen molar-refractivity contribution in [1.82, 2.24) is 25.3 Å². The maximum absolute atomic E-state index is 13.3. The van der Waals surface area contributed by atoms with Gasteiger partial charge in [-0.3, -0.25) is 9.78 Å². The summed E-state index contributed by atoms with van der Waals surface area (Å²) < 4.78 is 14.5. The summed E-state index contributed by atoms with van der Waals surface area (Å²) >= 11 is 0. The highest BCUT2D eigenvalue weighted by molar-refractivity contribution is 5.94. The molecule has 0 spiro atoms. The molecule has 0 aromatic carbocycles. The van der Waals surface area contributed by atoms with Crippen LogP contribution in [0.2, 0.25) is 0 Å². The molecule has 2 aromatic rings. The number of nitrogens with one attached hydrogen (secondary N) is 1. The fraction of sp³-hybridized carbons (Fsp3) is 0.182. The number of carboxylic acids is 1. The highest BCUT2D eigenvalue weighted by Gasteiger charge is 2.11. The summed E-state index contributed by atoms with van der Waals surface area (Å²) in [5.41, 5.74) is -0.290. The number of carbonyl (C=O) groups is 2. The zero-order valence-corrected chi connectivity index (χ0v) is 10.2. The first-order chi connectivity index (χ1) is 9.58. The van der Waals surface area contributed by atoms with E-state index >= 15 is 0 Å². The molecule has 0 aliphatic heterocycles. The van der Waals surface area contributed by atoms with Gasteiger partial charge in [-0.25, -0.2) is 13.9 Å². The number of aromatic carboxylic acids is 1. The van der Waals surface area contributed by atoms with Crippen molar-refractivity contribution >= 4 is 11.9 Å². The SMILES string of the molecule is O=C(O)c1cn(CCNC(=O)c2ccncc2F)nn1. The van der Waals surface area contributed by atoms with Crippen LogP contribution in [0.5, 0.6) is 0 Å². The quantitative estimate of drug-likeness (QED) is 0.793. The molecule has 9 heteroatoms. The number of nitrogens with zero attached hydrogens (tertiary/aromatic N) is 4. The van der Waals surface area contributed by atoms with E-state index in [1.165, 1.54) is 23.1 Å². The molecule has 104 valence electrons. The summed E-state index contributed by atoms with van der Waals surface area (Å²) in [7, 11) is 0. The number of carboxylic acid groups (broad SMARTS) is 1. The fourth-order valence-electron chi connectivity index (χ4n) is 1.44. The molecule has 2 N–H and O–H groups in total. The number of aromatic nitrogens is 4. The molecule has 0 saturated carbocycles. The van der Waals surface area contributed by atoms with Gasteiger partial charge in [0, 0.05) is 12.7 Å². The lowest BCUT2D eigenvalue weighted by Gasteiger charge is -2.05. The van der Waals surface area contributed by atoms with E-state index in [2.05, 4.69) is 20.6 Å². The predicted molar refractivity (Wildman–Crippen MR) is 63.5 cm³/mol. The van der Waals surface area contributed by atoms with Gasteiger partial charge in [0.15, 0.2) is 11.5 Å². The molecular formula is C11H10FN5O3. The third-order valence-corrected chi connectivity index (χ3v) is 2.40. The van der Waals surface area contributed by atoms with Crippen LogP contribution in [-0.2, 0) is 6.54 Å². The van der Waals surface area contributed by atoms with Crippen molar-refractivity contribution in [3.05, 3.63) is 41.7 Å². The van der Waals surface area contributed by atoms with E-state index < -0.39 is 17.7 Å². The van der Waals surface area contributed by atoms with Gasteiger partial charge in [-0.15, -0.1) is 5.10 Å². The lowest BCUT2D eigenvalue weighted by Crippen LogP contribution is -2.28. The molecule has 0 saturated heterocycles. The molecule has 2 heterocycles. The van der Waals surface area contributed by atoms with Gasteiger partial charge >= 0.3 is 5.97 Å². The molecule has 0 fully saturated rings. The van der Waals surface area contributed by atoms with E-state index in [9.17, 15) is 14.0 Å². The van der Waals surface area contributed by atoms with Crippen LogP contribution in [0.4, 0.5) is 4.39 Å². The number of amides is 1. The first kappa shape index (κ1) is 13.6. The molecule has 2 aromatic heterocycles. The van der Waals surface area contributed by atoms with E-state index in [0.29, 0.717) is 0 Å². The minimum absolute atomic E-state index is 0.107. The number of hydrogen-bond donors (Lipinski definition) is 2. The van der Waals surface area contributed by atoms with E-state index in [1.54, 1.807) is 0 Å². The molecule has 2 rings (SSSR count). The van der Waals surface area contributed by atoms with Gasteiger partial charge < -0.3 is 10.4 Å². The number of carbonyl (C=O) groups excluding carboxylic acids is 1. The largest absolute Gasteiger partial charge is 0.476 e. The van der Waals surface area contributed by atoms with E-state index in [1.807, 2.05) is 0 Å². The Hall–Kier alpha value is -2.84. The second-order valence-electron chi connectivity index (χ2n) is 3.78. The first-order valence-corrected chi connectivity index (χ1v) is 5.59. The van der Waals surface area contributed by atoms with Crippen molar-refractivity contribution in [2.45, 2.75) is 6.54 Å². The normalized spacial score (nSPS) is 10.2. The zero-order valence-electron chi connectivity index (χ0n) is 10.2. The third kappa shape index (κ3) is 3.13. The second kappa shape index (κ2) is 5.87. The van der Waals surface area contributed by atoms with Gasteiger partial charge in [0.25, 0.3) is 5.91 Å². The minimum Gasteiger partial charge on any atom is -0.476 e. The monoisotopic (exact) mass is 279 g/mol. The van der Waals surface area contributed by atoms with Crippen molar-refractivity contribution in [3.8, 4) is 0 Å². The highest BCUT2D eigenvalue weighted by atomic mass is 19.1. The molecule has 0 radical (unpaired) electrons. The van der Waals surface area contributed by atoms with Crippen LogP contribution in [0.25, 0.3) is 0 Å². The first-order valence-electron chi connectivity index (χ1n) is 5.59. The standard InChI is InChI=1S/C11H10FN5O3/c12-8-5-13-2-1-7(8)10(18)14-3-4-17-6-9(11(19)20)15-16-17/h1-2,5-6H,3-4H2,(H,14,18)(H,19,20). The Morgan fingerprint density at radius 1 is 1.45 bits per heavy atom. The van der Waals surface area contributed by atoms with Crippen molar-refractivity contribution in [2.75, 3.05) is 6.54 Å². The van der Waals surface area contributed by atoms with Crippen LogP contribution in [-0.4, -0.2) is 43.5 Å². The number of hydrogen-bond acceptors (Lipinski definition) is 5. The van der Waals surface area contributed by atoms with Gasteiger partial charge in [-0.05, 0) is 6.07 Å². The molecule has 1 amide bonds. The third-order valence-electron chi connectivity index (χ3n) is 2.40. The van der Waals surface area contributed by atoms with E-state index in [0.717, 1.165) is 6.20 Å². The Bertz CT molecular complexity index is 642. The maximum Gasteiger partial charge on any atom is 0.358 e. The zero-order chi connectivity index (χ0) is 14.5. The molecule has 0 aliphatic carbocycles. The molecule has 0 bridgehead atoms. The number of pyridine rings is 1. The van der Waals surface area contributed by atoms with Gasteiger partial charge in [0.05, 0.1) is 24.5 Å². The van der Waals surface area contributed by atoms with Crippen LogP contribution in [0.3, 0.4) is 0 Å². The van der Waals surface area contributed by atoms with Crippen molar-refractivity contribution in [3.63, 3.8) is 0 Å². The Balaban J connectivity index is 1.88. The molecule has 20 heavy (non-hydrogen) atoms. The summed E-state index contributed by atoms with van der Waals surface area (Å²) in [5, 5.41) is 18.1. The Morgan fingerprint density at radius 3 is 2.90 bits per heavy atom. The van der Waals surface area contributed by atoms with Crippen LogP contribution in [0, 0.1) is 5.82 Å². The van der Waals surface area contributed by atoms with Gasteiger partial charge in [0.1, 0.15) is 0 Å². The smallest absolute Gasteiger partial charge is 0.358 e. The highest BCUT2D eigenvalue weighted by Crippen LogP contribution is 2.03. The summed E-state index contributed by atoms with van der Waals surface area (Å²) in [6, 6.07) is 1.27. The van der Waals surface area contributed by atoms with Crippen LogP contribution in [0.15, 0.2) is 24.7 Å². The number of halogens is 1. The molecular weight excluding hydrogens is 269 g/mol. The van der Waals surface area contributed by atoms with Crippen LogP contribution >= 0.6 is 0 Å². The summed E-state index contributed by atoms with van der Waals surface area (Å²) in [5.74, 6) is -2.47. The van der Waals surface area contributed by atoms with Crippen molar-refractivity contribution < 1.29 is 19.1 Å². The summed E-state index contributed by atoms with van der Waals surface area (Å²) in [6.45, 7) is 0.377. The Kier molecular flexibility index (Phi) is 3.99. The average Bonchev–Trinajstić information content (AvgIpc) is 2.88. The van der Waals surface area contributed by atoms with Crippen LogP contribution < -0.4 is 5.32 Å². The van der Waals surface area contributed by atoms with Gasteiger partial charge in [-0.2, -0.15) is 0 Å².